The summed E-state index contributed by atoms with van der Waals surface area (Å²) in [6.45, 7) is 9.88. The van der Waals surface area contributed by atoms with E-state index < -0.39 is 0 Å². The molecule has 1 fully saturated rings. The second-order valence-corrected chi connectivity index (χ2v) is 10.5. The van der Waals surface area contributed by atoms with Gasteiger partial charge in [-0.3, -0.25) is 0 Å². The van der Waals surface area contributed by atoms with Crippen LogP contribution < -0.4 is 10.5 Å². The summed E-state index contributed by atoms with van der Waals surface area (Å²) in [5.41, 5.74) is 7.45. The zero-order valence-corrected chi connectivity index (χ0v) is 18.8. The smallest absolute Gasteiger partial charge is 0.127 e. The summed E-state index contributed by atoms with van der Waals surface area (Å²) in [4.78, 5) is 0. The minimum absolute atomic E-state index is 0.0141. The number of phenolic OH excluding ortho intramolecular Hbond substituents is 1. The molecule has 0 bridgehead atoms. The second kappa shape index (κ2) is 8.85. The van der Waals surface area contributed by atoms with Gasteiger partial charge in [-0.1, -0.05) is 33.1 Å². The maximum Gasteiger partial charge on any atom is 0.127 e. The number of hydrogen-bond donors (Lipinski definition) is 3. The predicted molar refractivity (Wildman–Crippen MR) is 119 cm³/mol. The Morgan fingerprint density at radius 2 is 1.86 bits per heavy atom. The van der Waals surface area contributed by atoms with E-state index >= 15 is 0 Å². The molecule has 0 amide bonds. The summed E-state index contributed by atoms with van der Waals surface area (Å²) in [6, 6.07) is 4.15. The van der Waals surface area contributed by atoms with Gasteiger partial charge in [0, 0.05) is 18.1 Å². The number of nitrogens with two attached hydrogens (primary N) is 1. The molecule has 1 saturated carbocycles. The highest BCUT2D eigenvalue weighted by atomic mass is 16.5. The lowest BCUT2D eigenvalue weighted by Crippen LogP contribution is -2.47. The first kappa shape index (κ1) is 22.4. The maximum absolute atomic E-state index is 11.1. The van der Waals surface area contributed by atoms with Crippen molar-refractivity contribution in [2.45, 2.75) is 96.0 Å². The molecule has 1 aliphatic heterocycles. The van der Waals surface area contributed by atoms with Crippen LogP contribution in [0.15, 0.2) is 12.1 Å². The van der Waals surface area contributed by atoms with Crippen molar-refractivity contribution in [3.05, 3.63) is 23.3 Å². The van der Waals surface area contributed by atoms with Gasteiger partial charge in [-0.05, 0) is 87.4 Å². The first-order valence-electron chi connectivity index (χ1n) is 11.6. The van der Waals surface area contributed by atoms with Gasteiger partial charge in [0.1, 0.15) is 17.1 Å². The number of aliphatic hydroxyl groups is 1. The molecular formula is C25H41NO3. The lowest BCUT2D eigenvalue weighted by Gasteiger charge is -2.49. The van der Waals surface area contributed by atoms with Gasteiger partial charge >= 0.3 is 0 Å². The first-order valence-corrected chi connectivity index (χ1v) is 11.6. The second-order valence-electron chi connectivity index (χ2n) is 10.5. The number of phenols is 1. The summed E-state index contributed by atoms with van der Waals surface area (Å²) in [6.07, 6.45) is 8.74. The zero-order chi connectivity index (χ0) is 21.2. The van der Waals surface area contributed by atoms with E-state index in [-0.39, 0.29) is 23.5 Å². The Balaban J connectivity index is 1.85. The number of aliphatic hydroxyl groups excluding tert-OH is 1. The molecule has 164 valence electrons. The van der Waals surface area contributed by atoms with Crippen LogP contribution in [0.5, 0.6) is 11.5 Å². The highest BCUT2D eigenvalue weighted by Crippen LogP contribution is 2.56. The van der Waals surface area contributed by atoms with E-state index in [1.54, 1.807) is 0 Å². The zero-order valence-electron chi connectivity index (χ0n) is 18.8. The van der Waals surface area contributed by atoms with E-state index in [4.69, 9.17) is 10.5 Å². The molecule has 4 nitrogen and oxygen atoms in total. The number of hydrogen-bond acceptors (Lipinski definition) is 4. The van der Waals surface area contributed by atoms with Crippen LogP contribution >= 0.6 is 0 Å². The van der Waals surface area contributed by atoms with Crippen LogP contribution in [0.3, 0.4) is 0 Å². The minimum atomic E-state index is -0.254. The quantitative estimate of drug-likeness (QED) is 0.519. The van der Waals surface area contributed by atoms with Crippen molar-refractivity contribution in [1.82, 2.24) is 0 Å². The van der Waals surface area contributed by atoms with Crippen molar-refractivity contribution in [1.29, 1.82) is 0 Å². The van der Waals surface area contributed by atoms with E-state index in [1.165, 1.54) is 19.3 Å². The van der Waals surface area contributed by atoms with Gasteiger partial charge in [0.05, 0.1) is 0 Å². The number of ether oxygens (including phenoxy) is 1. The van der Waals surface area contributed by atoms with Gasteiger partial charge in [0.2, 0.25) is 0 Å². The Morgan fingerprint density at radius 1 is 1.14 bits per heavy atom. The fourth-order valence-electron chi connectivity index (χ4n) is 5.60. The molecule has 29 heavy (non-hydrogen) atoms. The minimum Gasteiger partial charge on any atom is -0.508 e. The van der Waals surface area contributed by atoms with E-state index in [1.807, 2.05) is 6.07 Å². The third kappa shape index (κ3) is 4.74. The monoisotopic (exact) mass is 403 g/mol. The molecule has 3 rings (SSSR count). The van der Waals surface area contributed by atoms with Crippen molar-refractivity contribution < 1.29 is 14.9 Å². The predicted octanol–water partition coefficient (Wildman–Crippen LogP) is 5.24. The number of fused-ring (bicyclic) bond motifs is 3. The lowest BCUT2D eigenvalue weighted by molar-refractivity contribution is -0.0211. The standard InChI is InChI=1S/C25H41NO3/c1-24(2,11-7-5-6-8-12-26)18-14-21(28)23-19-13-17(16-27)9-10-20(19)25(3,4)29-22(23)15-18/h14-15,17,19-20,27-28H,5-13,16,26H2,1-4H3/t17-,19-,20-/m1/s1. The van der Waals surface area contributed by atoms with Gasteiger partial charge in [0.15, 0.2) is 0 Å². The number of aromatic hydroxyl groups is 1. The maximum atomic E-state index is 11.1. The summed E-state index contributed by atoms with van der Waals surface area (Å²) < 4.78 is 6.50. The van der Waals surface area contributed by atoms with Gasteiger partial charge in [-0.2, -0.15) is 0 Å². The highest BCUT2D eigenvalue weighted by molar-refractivity contribution is 5.53. The summed E-state index contributed by atoms with van der Waals surface area (Å²) >= 11 is 0. The van der Waals surface area contributed by atoms with E-state index in [9.17, 15) is 10.2 Å². The van der Waals surface area contributed by atoms with Crippen LogP contribution in [0.1, 0.15) is 96.1 Å². The van der Waals surface area contributed by atoms with Crippen LogP contribution in [0.2, 0.25) is 0 Å². The van der Waals surface area contributed by atoms with Crippen molar-refractivity contribution in [2.75, 3.05) is 13.2 Å². The van der Waals surface area contributed by atoms with Gasteiger partial charge in [-0.25, -0.2) is 0 Å². The van der Waals surface area contributed by atoms with Gasteiger partial charge in [0.25, 0.3) is 0 Å². The van der Waals surface area contributed by atoms with E-state index in [0.29, 0.717) is 17.6 Å². The third-order valence-corrected chi connectivity index (χ3v) is 7.51. The molecule has 1 aromatic rings. The van der Waals surface area contributed by atoms with Crippen LogP contribution in [-0.2, 0) is 5.41 Å². The topological polar surface area (TPSA) is 75.7 Å². The molecular weight excluding hydrogens is 362 g/mol. The van der Waals surface area contributed by atoms with Crippen LogP contribution in [0.4, 0.5) is 0 Å². The molecule has 1 aliphatic carbocycles. The fourth-order valence-corrected chi connectivity index (χ4v) is 5.60. The largest absolute Gasteiger partial charge is 0.508 e. The Morgan fingerprint density at radius 3 is 2.55 bits per heavy atom. The lowest BCUT2D eigenvalue weighted by atomic mass is 9.63. The molecule has 1 heterocycles. The molecule has 3 atom stereocenters. The molecule has 0 saturated heterocycles. The van der Waals surface area contributed by atoms with Crippen molar-refractivity contribution >= 4 is 0 Å². The Labute approximate surface area is 176 Å². The highest BCUT2D eigenvalue weighted by Gasteiger charge is 2.47. The van der Waals surface area contributed by atoms with Crippen LogP contribution in [-0.4, -0.2) is 29.0 Å². The molecule has 0 radical (unpaired) electrons. The van der Waals surface area contributed by atoms with E-state index in [2.05, 4.69) is 33.8 Å². The molecule has 2 aliphatic rings. The summed E-state index contributed by atoms with van der Waals surface area (Å²) in [5.74, 6) is 2.18. The van der Waals surface area contributed by atoms with Gasteiger partial charge in [-0.15, -0.1) is 0 Å². The molecule has 1 aromatic carbocycles. The SMILES string of the molecule is CC(C)(CCCCCCN)c1cc(O)c2c(c1)OC(C)(C)[C@@H]1CC[C@@H](CO)C[C@@H]21. The molecule has 4 heteroatoms. The fraction of sp³-hybridized carbons (Fsp3) is 0.760. The number of benzene rings is 1. The average Bonchev–Trinajstić information content (AvgIpc) is 2.66. The van der Waals surface area contributed by atoms with Crippen LogP contribution in [0, 0.1) is 11.8 Å². The average molecular weight is 404 g/mol. The Kier molecular flexibility index (Phi) is 6.84. The molecule has 0 aromatic heterocycles. The van der Waals surface area contributed by atoms with Crippen molar-refractivity contribution in [3.8, 4) is 11.5 Å². The molecule has 0 spiro atoms. The van der Waals surface area contributed by atoms with Crippen molar-refractivity contribution in [3.63, 3.8) is 0 Å². The Hall–Kier alpha value is -1.26. The third-order valence-electron chi connectivity index (χ3n) is 7.51. The number of unbranched alkanes of at least 4 members (excludes halogenated alkanes) is 3. The first-order chi connectivity index (χ1) is 13.7. The molecule has 4 N–H and O–H groups in total. The van der Waals surface area contributed by atoms with Crippen LogP contribution in [0.25, 0.3) is 0 Å². The number of rotatable bonds is 8. The summed E-state index contributed by atoms with van der Waals surface area (Å²) in [5, 5.41) is 20.8. The Bertz CT molecular complexity index is 698. The summed E-state index contributed by atoms with van der Waals surface area (Å²) in [7, 11) is 0. The van der Waals surface area contributed by atoms with E-state index in [0.717, 1.165) is 55.5 Å². The van der Waals surface area contributed by atoms with Gasteiger partial charge < -0.3 is 20.7 Å². The normalized spacial score (nSPS) is 25.8. The molecule has 0 unspecified atom stereocenters. The van der Waals surface area contributed by atoms with Crippen molar-refractivity contribution in [2.24, 2.45) is 17.6 Å².